The Hall–Kier alpha value is -3.09. The lowest BCUT2D eigenvalue weighted by Crippen LogP contribution is -2.51. The number of piperidine rings is 1. The maximum Gasteiger partial charge on any atom is 0.310 e. The van der Waals surface area contributed by atoms with Crippen molar-refractivity contribution >= 4 is 17.8 Å². The van der Waals surface area contributed by atoms with Gasteiger partial charge in [-0.05, 0) is 55.2 Å². The summed E-state index contributed by atoms with van der Waals surface area (Å²) in [5, 5.41) is 2.53. The predicted octanol–water partition coefficient (Wildman–Crippen LogP) is 4.69. The first-order chi connectivity index (χ1) is 16.5. The molecule has 0 bridgehead atoms. The van der Waals surface area contributed by atoms with E-state index in [0.29, 0.717) is 25.9 Å². The second kappa shape index (κ2) is 14.9. The van der Waals surface area contributed by atoms with Gasteiger partial charge in [0.2, 0.25) is 11.8 Å². The molecule has 2 amide bonds. The number of amides is 2. The number of esters is 1. The quantitative estimate of drug-likeness (QED) is 0.292. The number of nitrogens with one attached hydrogen (secondary N) is 1. The molecule has 1 fully saturated rings. The van der Waals surface area contributed by atoms with Crippen molar-refractivity contribution in [1.29, 1.82) is 0 Å². The van der Waals surface area contributed by atoms with Crippen LogP contribution in [-0.2, 0) is 31.0 Å². The van der Waals surface area contributed by atoms with Gasteiger partial charge in [0.1, 0.15) is 0 Å². The van der Waals surface area contributed by atoms with Gasteiger partial charge in [-0.15, -0.1) is 0 Å². The number of carbonyl (C=O) groups is 3. The molecule has 1 N–H and O–H groups in total. The molecule has 2 aromatic heterocycles. The average Bonchev–Trinajstić information content (AvgIpc) is 2.84. The number of hydrogen-bond donors (Lipinski definition) is 1. The van der Waals surface area contributed by atoms with Crippen molar-refractivity contribution in [2.75, 3.05) is 6.61 Å². The van der Waals surface area contributed by atoms with Gasteiger partial charge in [-0.25, -0.2) is 0 Å². The zero-order valence-corrected chi connectivity index (χ0v) is 20.4. The topological polar surface area (TPSA) is 98.3 Å². The summed E-state index contributed by atoms with van der Waals surface area (Å²) >= 11 is 0. The minimum Gasteiger partial charge on any atom is -0.466 e. The molecule has 34 heavy (non-hydrogen) atoms. The van der Waals surface area contributed by atoms with E-state index in [-0.39, 0.29) is 17.8 Å². The molecule has 3 heterocycles. The zero-order valence-electron chi connectivity index (χ0n) is 20.4. The van der Waals surface area contributed by atoms with Gasteiger partial charge in [-0.3, -0.25) is 29.7 Å². The summed E-state index contributed by atoms with van der Waals surface area (Å²) in [6.07, 6.45) is 16.1. The number of ether oxygens (including phenoxy) is 1. The molecule has 0 saturated carbocycles. The third-order valence-corrected chi connectivity index (χ3v) is 6.06. The number of imide groups is 1. The molecule has 0 aliphatic carbocycles. The molecular formula is C27H37N3O4. The Morgan fingerprint density at radius 1 is 0.941 bits per heavy atom. The van der Waals surface area contributed by atoms with Gasteiger partial charge < -0.3 is 4.74 Å². The number of unbranched alkanes of at least 4 members (excludes halogenated alkanes) is 5. The molecule has 184 valence electrons. The summed E-state index contributed by atoms with van der Waals surface area (Å²) in [6.45, 7) is 4.44. The van der Waals surface area contributed by atoms with Crippen LogP contribution in [-0.4, -0.2) is 34.4 Å². The van der Waals surface area contributed by atoms with E-state index in [2.05, 4.69) is 22.2 Å². The normalized spacial score (nSPS) is 17.4. The number of carbonyl (C=O) groups excluding carboxylic acids is 3. The summed E-state index contributed by atoms with van der Waals surface area (Å²) in [7, 11) is 0. The molecule has 3 rings (SSSR count). The smallest absolute Gasteiger partial charge is 0.310 e. The summed E-state index contributed by atoms with van der Waals surface area (Å²) in [4.78, 5) is 42.9. The molecular weight excluding hydrogens is 430 g/mol. The monoisotopic (exact) mass is 467 g/mol. The molecule has 7 heteroatoms. The van der Waals surface area contributed by atoms with Crippen molar-refractivity contribution in [3.05, 3.63) is 60.2 Å². The van der Waals surface area contributed by atoms with Crippen LogP contribution in [0.25, 0.3) is 0 Å². The van der Waals surface area contributed by atoms with Gasteiger partial charge in [0.25, 0.3) is 0 Å². The van der Waals surface area contributed by atoms with Crippen LogP contribution in [0.2, 0.25) is 0 Å². The summed E-state index contributed by atoms with van der Waals surface area (Å²) in [5.74, 6) is -0.482. The van der Waals surface area contributed by atoms with E-state index in [0.717, 1.165) is 30.4 Å². The molecule has 1 atom stereocenters. The van der Waals surface area contributed by atoms with Crippen LogP contribution in [0, 0.1) is 0 Å². The third kappa shape index (κ3) is 8.69. The number of hydrogen-bond acceptors (Lipinski definition) is 6. The average molecular weight is 468 g/mol. The highest BCUT2D eigenvalue weighted by Crippen LogP contribution is 2.37. The lowest BCUT2D eigenvalue weighted by molar-refractivity contribution is -0.142. The first-order valence-corrected chi connectivity index (χ1v) is 12.3. The minimum absolute atomic E-state index is 0.136. The Kier molecular flexibility index (Phi) is 11.9. The molecule has 2 aromatic rings. The molecule has 7 nitrogen and oxygen atoms in total. The van der Waals surface area contributed by atoms with Crippen LogP contribution >= 0.6 is 0 Å². The van der Waals surface area contributed by atoms with Crippen molar-refractivity contribution in [3.63, 3.8) is 0 Å². The second-order valence-electron chi connectivity index (χ2n) is 8.55. The molecule has 1 saturated heterocycles. The van der Waals surface area contributed by atoms with E-state index in [4.69, 9.17) is 4.74 Å². The highest BCUT2D eigenvalue weighted by atomic mass is 16.5. The Balaban J connectivity index is 0.000000287. The number of rotatable bonds is 11. The minimum atomic E-state index is -0.554. The Morgan fingerprint density at radius 2 is 1.56 bits per heavy atom. The van der Waals surface area contributed by atoms with E-state index in [1.807, 2.05) is 12.1 Å². The van der Waals surface area contributed by atoms with Crippen molar-refractivity contribution in [1.82, 2.24) is 15.3 Å². The summed E-state index contributed by atoms with van der Waals surface area (Å²) < 4.78 is 4.79. The maximum atomic E-state index is 12.5. The largest absolute Gasteiger partial charge is 0.466 e. The lowest BCUT2D eigenvalue weighted by atomic mass is 9.70. The van der Waals surface area contributed by atoms with Gasteiger partial charge in [-0.2, -0.15) is 0 Å². The van der Waals surface area contributed by atoms with Crippen LogP contribution in [0.1, 0.15) is 82.8 Å². The fourth-order valence-electron chi connectivity index (χ4n) is 4.16. The van der Waals surface area contributed by atoms with Crippen molar-refractivity contribution < 1.29 is 19.1 Å². The molecule has 1 unspecified atom stereocenters. The lowest BCUT2D eigenvalue weighted by Gasteiger charge is -2.35. The number of pyridine rings is 2. The van der Waals surface area contributed by atoms with Gasteiger partial charge in [0.05, 0.1) is 18.4 Å². The summed E-state index contributed by atoms with van der Waals surface area (Å²) in [5.41, 5.74) is 1.37. The number of nitrogens with zero attached hydrogens (tertiary/aromatic N) is 2. The van der Waals surface area contributed by atoms with E-state index in [9.17, 15) is 14.4 Å². The Morgan fingerprint density at radius 3 is 2.18 bits per heavy atom. The first kappa shape index (κ1) is 27.2. The van der Waals surface area contributed by atoms with Gasteiger partial charge in [-0.1, -0.05) is 45.4 Å². The molecule has 0 radical (unpaired) electrons. The second-order valence-corrected chi connectivity index (χ2v) is 8.55. The van der Waals surface area contributed by atoms with E-state index in [1.54, 1.807) is 43.8 Å². The highest BCUT2D eigenvalue weighted by Gasteiger charge is 2.43. The molecule has 1 aliphatic rings. The van der Waals surface area contributed by atoms with Crippen molar-refractivity contribution in [2.45, 2.75) is 83.5 Å². The van der Waals surface area contributed by atoms with E-state index < -0.39 is 5.41 Å². The Labute approximate surface area is 202 Å². The van der Waals surface area contributed by atoms with Gasteiger partial charge in [0.15, 0.2) is 0 Å². The van der Waals surface area contributed by atoms with E-state index >= 15 is 0 Å². The zero-order chi connectivity index (χ0) is 24.7. The van der Waals surface area contributed by atoms with Crippen LogP contribution in [0.5, 0.6) is 0 Å². The molecule has 1 aliphatic heterocycles. The van der Waals surface area contributed by atoms with Crippen LogP contribution in [0.3, 0.4) is 0 Å². The standard InChI is InChI=1S/C18H26N2O2.C9H11NO2/c1-2-3-4-5-6-7-11-18(15-9-13-19-14-10-15)12-8-16(21)20-17(18)22;1-2-12-9(11)7-8-3-5-10-6-4-8/h9-10,13-14H,2-8,11-12H2,1H3,(H,20,21,22);3-6H,2,7H2,1H3. The van der Waals surface area contributed by atoms with Gasteiger partial charge in [0, 0.05) is 31.2 Å². The predicted molar refractivity (Wildman–Crippen MR) is 131 cm³/mol. The maximum absolute atomic E-state index is 12.5. The van der Waals surface area contributed by atoms with Crippen LogP contribution < -0.4 is 5.32 Å². The molecule has 0 aromatic carbocycles. The van der Waals surface area contributed by atoms with E-state index in [1.165, 1.54) is 25.7 Å². The summed E-state index contributed by atoms with van der Waals surface area (Å²) in [6, 6.07) is 7.42. The van der Waals surface area contributed by atoms with Crippen LogP contribution in [0.15, 0.2) is 49.1 Å². The van der Waals surface area contributed by atoms with Crippen molar-refractivity contribution in [2.24, 2.45) is 0 Å². The highest BCUT2D eigenvalue weighted by molar-refractivity contribution is 6.03. The van der Waals surface area contributed by atoms with Crippen LogP contribution in [0.4, 0.5) is 0 Å². The first-order valence-electron chi connectivity index (χ1n) is 12.3. The fourth-order valence-corrected chi connectivity index (χ4v) is 4.16. The molecule has 0 spiro atoms. The SMILES string of the molecule is CCCCCCCCC1(c2ccncc2)CCC(=O)NC1=O.CCOC(=O)Cc1ccncc1. The Bertz CT molecular complexity index is 889. The van der Waals surface area contributed by atoms with Crippen molar-refractivity contribution in [3.8, 4) is 0 Å². The number of aromatic nitrogens is 2. The van der Waals surface area contributed by atoms with Gasteiger partial charge >= 0.3 is 5.97 Å². The fraction of sp³-hybridized carbons (Fsp3) is 0.519. The third-order valence-electron chi connectivity index (χ3n) is 6.06.